The zero-order valence-electron chi connectivity index (χ0n) is 15.2. The molecule has 7 nitrogen and oxygen atoms in total. The number of hydrogen-bond acceptors (Lipinski definition) is 6. The molecule has 2 fully saturated rings. The highest BCUT2D eigenvalue weighted by Gasteiger charge is 2.38. The molecule has 2 N–H and O–H groups in total. The Morgan fingerprint density at radius 2 is 2.07 bits per heavy atom. The lowest BCUT2D eigenvalue weighted by Crippen LogP contribution is -2.57. The molecule has 28 heavy (non-hydrogen) atoms. The highest BCUT2D eigenvalue weighted by atomic mass is 19.4. The second-order valence-corrected chi connectivity index (χ2v) is 6.86. The van der Waals surface area contributed by atoms with Gasteiger partial charge in [-0.25, -0.2) is 9.59 Å². The molecule has 10 heteroatoms. The molecule has 154 valence electrons. The summed E-state index contributed by atoms with van der Waals surface area (Å²) >= 11 is 0. The number of carbonyl (C=O) groups excluding carboxylic acids is 1. The van der Waals surface area contributed by atoms with Gasteiger partial charge in [0, 0.05) is 37.8 Å². The number of ether oxygens (including phenoxy) is 2. The Balaban J connectivity index is 0.000000279. The maximum atomic E-state index is 11.6. The number of alkyl halides is 3. The minimum atomic E-state index is -5.08. The van der Waals surface area contributed by atoms with Gasteiger partial charge in [-0.05, 0) is 24.1 Å². The minimum Gasteiger partial charge on any atom is -0.475 e. The maximum Gasteiger partial charge on any atom is 0.490 e. The predicted molar refractivity (Wildman–Crippen MR) is 90.9 cm³/mol. The first-order valence-corrected chi connectivity index (χ1v) is 8.84. The van der Waals surface area contributed by atoms with Crippen LogP contribution in [0.15, 0.2) is 12.1 Å². The lowest BCUT2D eigenvalue weighted by Gasteiger charge is -2.43. The van der Waals surface area contributed by atoms with Gasteiger partial charge in [0.15, 0.2) is 0 Å². The van der Waals surface area contributed by atoms with Crippen LogP contribution in [-0.4, -0.2) is 66.9 Å². The lowest BCUT2D eigenvalue weighted by molar-refractivity contribution is -0.192. The van der Waals surface area contributed by atoms with Crippen molar-refractivity contribution in [1.82, 2.24) is 10.2 Å². The van der Waals surface area contributed by atoms with Crippen LogP contribution in [0.2, 0.25) is 0 Å². The van der Waals surface area contributed by atoms with E-state index in [1.54, 1.807) is 0 Å². The molecule has 0 unspecified atom stereocenters. The molecule has 3 heterocycles. The topological polar surface area (TPSA) is 88.1 Å². The second kappa shape index (κ2) is 8.06. The number of carboxylic acids is 1. The quantitative estimate of drug-likeness (QED) is 0.691. The third kappa shape index (κ3) is 4.29. The Morgan fingerprint density at radius 1 is 1.36 bits per heavy atom. The van der Waals surface area contributed by atoms with Crippen LogP contribution in [0.5, 0.6) is 0 Å². The van der Waals surface area contributed by atoms with Crippen LogP contribution in [0.25, 0.3) is 0 Å². The number of benzene rings is 1. The molecular formula is C18H21F3N2O5. The molecule has 0 radical (unpaired) electrons. The van der Waals surface area contributed by atoms with Crippen LogP contribution >= 0.6 is 0 Å². The summed E-state index contributed by atoms with van der Waals surface area (Å²) in [7, 11) is 0. The molecule has 1 aromatic rings. The smallest absolute Gasteiger partial charge is 0.475 e. The SMILES string of the molecule is Cc1c([C@H]2CN3CCNC[C@H]3CO2)ccc2c1COC2=O.O=C(O)C(F)(F)F. The van der Waals surface area contributed by atoms with Gasteiger partial charge >= 0.3 is 18.1 Å². The maximum absolute atomic E-state index is 11.6. The first-order valence-electron chi connectivity index (χ1n) is 8.84. The highest BCUT2D eigenvalue weighted by molar-refractivity contribution is 5.93. The Morgan fingerprint density at radius 3 is 2.75 bits per heavy atom. The van der Waals surface area contributed by atoms with E-state index in [4.69, 9.17) is 19.4 Å². The number of cyclic esters (lactones) is 1. The standard InChI is InChI=1S/C16H20N2O3.C2HF3O2/c1-10-12(2-3-13-14(10)9-21-16(13)19)15-7-18-5-4-17-6-11(18)8-20-15;3-2(4,5)1(6)7/h2-3,11,15,17H,4-9H2,1H3;(H,6,7)/t11-,15+;/m0./s1. The van der Waals surface area contributed by atoms with Gasteiger partial charge in [0.25, 0.3) is 0 Å². The summed E-state index contributed by atoms with van der Waals surface area (Å²) in [6.45, 7) is 7.31. The van der Waals surface area contributed by atoms with Gasteiger partial charge in [0.2, 0.25) is 0 Å². The van der Waals surface area contributed by atoms with E-state index in [0.717, 1.165) is 43.9 Å². The number of esters is 1. The van der Waals surface area contributed by atoms with Crippen LogP contribution in [0.4, 0.5) is 13.2 Å². The number of piperazine rings is 1. The van der Waals surface area contributed by atoms with Gasteiger partial charge < -0.3 is 19.9 Å². The number of nitrogens with zero attached hydrogens (tertiary/aromatic N) is 1. The van der Waals surface area contributed by atoms with Crippen molar-refractivity contribution in [2.75, 3.05) is 32.8 Å². The lowest BCUT2D eigenvalue weighted by atomic mass is 9.94. The van der Waals surface area contributed by atoms with Gasteiger partial charge in [-0.2, -0.15) is 13.2 Å². The van der Waals surface area contributed by atoms with E-state index in [9.17, 15) is 18.0 Å². The number of carboxylic acid groups (broad SMARTS) is 1. The Bertz CT molecular complexity index is 768. The van der Waals surface area contributed by atoms with Crippen LogP contribution in [0, 0.1) is 6.92 Å². The fraction of sp³-hybridized carbons (Fsp3) is 0.556. The van der Waals surface area contributed by atoms with Crippen LogP contribution in [-0.2, 0) is 20.9 Å². The van der Waals surface area contributed by atoms with Gasteiger partial charge in [0.1, 0.15) is 6.61 Å². The number of carbonyl (C=O) groups is 2. The van der Waals surface area contributed by atoms with E-state index in [1.807, 2.05) is 12.1 Å². The fourth-order valence-electron chi connectivity index (χ4n) is 3.61. The summed E-state index contributed by atoms with van der Waals surface area (Å²) in [6, 6.07) is 4.42. The van der Waals surface area contributed by atoms with Gasteiger partial charge in [-0.1, -0.05) is 6.07 Å². The van der Waals surface area contributed by atoms with Crippen LogP contribution in [0.3, 0.4) is 0 Å². The molecule has 2 atom stereocenters. The first kappa shape index (κ1) is 20.6. The Hall–Kier alpha value is -2.17. The zero-order valence-corrected chi connectivity index (χ0v) is 15.2. The average Bonchev–Trinajstić information content (AvgIpc) is 3.03. The van der Waals surface area contributed by atoms with Crippen molar-refractivity contribution in [3.8, 4) is 0 Å². The largest absolute Gasteiger partial charge is 0.490 e. The van der Waals surface area contributed by atoms with E-state index < -0.39 is 12.1 Å². The summed E-state index contributed by atoms with van der Waals surface area (Å²) < 4.78 is 43.0. The van der Waals surface area contributed by atoms with Gasteiger partial charge in [0.05, 0.1) is 18.3 Å². The molecule has 0 aromatic heterocycles. The monoisotopic (exact) mass is 402 g/mol. The van der Waals surface area contributed by atoms with Crippen molar-refractivity contribution in [2.45, 2.75) is 31.9 Å². The molecule has 0 amide bonds. The van der Waals surface area contributed by atoms with Crippen molar-refractivity contribution in [3.05, 3.63) is 34.4 Å². The van der Waals surface area contributed by atoms with E-state index >= 15 is 0 Å². The Labute approximate surface area is 159 Å². The van der Waals surface area contributed by atoms with E-state index in [0.29, 0.717) is 18.2 Å². The average molecular weight is 402 g/mol. The number of fused-ring (bicyclic) bond motifs is 2. The van der Waals surface area contributed by atoms with Gasteiger partial charge in [-0.3, -0.25) is 4.90 Å². The summed E-state index contributed by atoms with van der Waals surface area (Å²) in [5.41, 5.74) is 4.09. The summed E-state index contributed by atoms with van der Waals surface area (Å²) in [5, 5.41) is 10.5. The summed E-state index contributed by atoms with van der Waals surface area (Å²) in [4.78, 5) is 23.0. The predicted octanol–water partition coefficient (Wildman–Crippen LogP) is 1.64. The van der Waals surface area contributed by atoms with Gasteiger partial charge in [-0.15, -0.1) is 0 Å². The molecule has 4 rings (SSSR count). The molecule has 1 aromatic carbocycles. The van der Waals surface area contributed by atoms with Crippen molar-refractivity contribution in [2.24, 2.45) is 0 Å². The molecule has 3 aliphatic heterocycles. The molecule has 0 saturated carbocycles. The molecular weight excluding hydrogens is 381 g/mol. The number of morpholine rings is 1. The molecule has 0 aliphatic carbocycles. The summed E-state index contributed by atoms with van der Waals surface area (Å²) in [5.74, 6) is -2.96. The first-order chi connectivity index (χ1) is 13.2. The molecule has 0 bridgehead atoms. The molecule has 0 spiro atoms. The second-order valence-electron chi connectivity index (χ2n) is 6.86. The highest BCUT2D eigenvalue weighted by Crippen LogP contribution is 2.33. The number of aliphatic carboxylic acids is 1. The fourth-order valence-corrected chi connectivity index (χ4v) is 3.61. The van der Waals surface area contributed by atoms with Crippen LogP contribution < -0.4 is 5.32 Å². The third-order valence-electron chi connectivity index (χ3n) is 5.16. The summed E-state index contributed by atoms with van der Waals surface area (Å²) in [6.07, 6.45) is -4.99. The number of halogens is 3. The number of rotatable bonds is 1. The van der Waals surface area contributed by atoms with E-state index in [-0.39, 0.29) is 12.1 Å². The van der Waals surface area contributed by atoms with Crippen molar-refractivity contribution >= 4 is 11.9 Å². The van der Waals surface area contributed by atoms with Crippen molar-refractivity contribution < 1.29 is 37.3 Å². The number of nitrogens with one attached hydrogen (secondary N) is 1. The molecule has 2 saturated heterocycles. The zero-order chi connectivity index (χ0) is 20.5. The molecule has 3 aliphatic rings. The Kier molecular flexibility index (Phi) is 5.92. The number of hydrogen-bond donors (Lipinski definition) is 2. The van der Waals surface area contributed by atoms with Crippen LogP contribution in [0.1, 0.15) is 33.2 Å². The normalized spacial score (nSPS) is 24.5. The third-order valence-corrected chi connectivity index (χ3v) is 5.16. The van der Waals surface area contributed by atoms with E-state index in [2.05, 4.69) is 17.1 Å². The van der Waals surface area contributed by atoms with Crippen molar-refractivity contribution in [3.63, 3.8) is 0 Å². The van der Waals surface area contributed by atoms with E-state index in [1.165, 1.54) is 5.56 Å². The van der Waals surface area contributed by atoms with Crippen molar-refractivity contribution in [1.29, 1.82) is 0 Å². The minimum absolute atomic E-state index is 0.0975.